The fraction of sp³-hybridized carbons (Fsp3) is 0.750. The van der Waals surface area contributed by atoms with Crippen LogP contribution in [0, 0.1) is 22.7 Å². The van der Waals surface area contributed by atoms with Gasteiger partial charge >= 0.3 is 0 Å². The van der Waals surface area contributed by atoms with Crippen LogP contribution in [0.2, 0.25) is 0 Å². The molecule has 0 aromatic heterocycles. The van der Waals surface area contributed by atoms with E-state index in [1.165, 1.54) is 0 Å². The highest BCUT2D eigenvalue weighted by atomic mass is 15.2. The Bertz CT molecular complexity index is 235. The minimum absolute atomic E-state index is 0. The number of nitriles is 2. The lowest BCUT2D eigenvalue weighted by molar-refractivity contribution is 0.541. The minimum Gasteiger partial charge on any atom is -0.344 e. The lowest BCUT2D eigenvalue weighted by Gasteiger charge is -2.11. The Morgan fingerprint density at radius 2 is 1.08 bits per heavy atom. The normalized spacial score (nSPS) is 11.5. The smallest absolute Gasteiger partial charge is 0.162 e. The summed E-state index contributed by atoms with van der Waals surface area (Å²) in [5.41, 5.74) is -1.68. The Hall–Kier alpha value is -1.46. The molecule has 0 fully saturated rings. The molecule has 0 aliphatic carbocycles. The molecule has 0 amide bonds. The zero-order chi connectivity index (χ0) is 9.83. The molecular formula is C8H15N5. The van der Waals surface area contributed by atoms with Crippen LogP contribution in [0.4, 0.5) is 0 Å². The molecule has 0 radical (unpaired) electrons. The van der Waals surface area contributed by atoms with Crippen LogP contribution in [-0.4, -0.2) is 11.1 Å². The first-order valence-corrected chi connectivity index (χ1v) is 3.59. The number of nitrogens with zero attached hydrogens (tertiary/aromatic N) is 4. The van der Waals surface area contributed by atoms with Crippen molar-refractivity contribution in [3.05, 3.63) is 0 Å². The van der Waals surface area contributed by atoms with Crippen LogP contribution in [0.5, 0.6) is 0 Å². The second-order valence-corrected chi connectivity index (χ2v) is 3.54. The van der Waals surface area contributed by atoms with Gasteiger partial charge in [0.2, 0.25) is 0 Å². The van der Waals surface area contributed by atoms with Gasteiger partial charge in [-0.1, -0.05) is 0 Å². The summed E-state index contributed by atoms with van der Waals surface area (Å²) in [5.74, 6) is 0. The maximum Gasteiger partial charge on any atom is 0.162 e. The van der Waals surface area contributed by atoms with Gasteiger partial charge in [-0.15, -0.1) is 0 Å². The van der Waals surface area contributed by atoms with Crippen LogP contribution in [0.15, 0.2) is 10.2 Å². The van der Waals surface area contributed by atoms with Crippen molar-refractivity contribution in [2.24, 2.45) is 10.2 Å². The van der Waals surface area contributed by atoms with E-state index in [9.17, 15) is 0 Å². The SMILES string of the molecule is CC(C)(C#N)N=NC(C)(C)C#N.N. The first-order chi connectivity index (χ1) is 5.33. The summed E-state index contributed by atoms with van der Waals surface area (Å²) >= 11 is 0. The van der Waals surface area contributed by atoms with E-state index in [1.54, 1.807) is 27.7 Å². The Kier molecular flexibility index (Phi) is 4.92. The van der Waals surface area contributed by atoms with Crippen molar-refractivity contribution in [3.8, 4) is 12.1 Å². The van der Waals surface area contributed by atoms with Crippen LogP contribution in [0.3, 0.4) is 0 Å². The second kappa shape index (κ2) is 4.54. The Morgan fingerprint density at radius 1 is 0.846 bits per heavy atom. The minimum atomic E-state index is -0.839. The number of hydrogen-bond donors (Lipinski definition) is 1. The molecule has 13 heavy (non-hydrogen) atoms. The maximum atomic E-state index is 8.58. The quantitative estimate of drug-likeness (QED) is 0.659. The number of azo groups is 1. The zero-order valence-corrected chi connectivity index (χ0v) is 8.50. The van der Waals surface area contributed by atoms with Crippen molar-refractivity contribution >= 4 is 0 Å². The molecule has 0 spiro atoms. The highest BCUT2D eigenvalue weighted by Crippen LogP contribution is 2.13. The van der Waals surface area contributed by atoms with Crippen LogP contribution in [0.25, 0.3) is 0 Å². The summed E-state index contributed by atoms with van der Waals surface area (Å²) in [6, 6.07) is 3.94. The van der Waals surface area contributed by atoms with Crippen LogP contribution in [0.1, 0.15) is 27.7 Å². The summed E-state index contributed by atoms with van der Waals surface area (Å²) < 4.78 is 0. The van der Waals surface area contributed by atoms with Crippen molar-refractivity contribution in [1.82, 2.24) is 6.15 Å². The molecule has 0 aromatic rings. The van der Waals surface area contributed by atoms with Crippen molar-refractivity contribution in [2.45, 2.75) is 38.8 Å². The van der Waals surface area contributed by atoms with E-state index in [0.717, 1.165) is 0 Å². The standard InChI is InChI=1S/C8H12N4.H3N/c1-7(2,5-9)11-12-8(3,4)6-10;/h1-4H3;1H3. The number of hydrogen-bond acceptors (Lipinski definition) is 5. The summed E-state index contributed by atoms with van der Waals surface area (Å²) in [4.78, 5) is 0. The van der Waals surface area contributed by atoms with E-state index in [-0.39, 0.29) is 6.15 Å². The van der Waals surface area contributed by atoms with E-state index in [1.807, 2.05) is 12.1 Å². The molecule has 0 aromatic carbocycles. The molecule has 5 nitrogen and oxygen atoms in total. The van der Waals surface area contributed by atoms with Gasteiger partial charge in [0.05, 0.1) is 12.1 Å². The van der Waals surface area contributed by atoms with Crippen molar-refractivity contribution in [1.29, 1.82) is 10.5 Å². The van der Waals surface area contributed by atoms with Gasteiger partial charge < -0.3 is 6.15 Å². The van der Waals surface area contributed by atoms with Gasteiger partial charge in [0, 0.05) is 0 Å². The van der Waals surface area contributed by atoms with E-state index >= 15 is 0 Å². The average Bonchev–Trinajstić information content (AvgIpc) is 2.02. The lowest BCUT2D eigenvalue weighted by atomic mass is 10.1. The summed E-state index contributed by atoms with van der Waals surface area (Å²) in [6.45, 7) is 6.57. The fourth-order valence-corrected chi connectivity index (χ4v) is 0.295. The van der Waals surface area contributed by atoms with Crippen molar-refractivity contribution in [2.75, 3.05) is 0 Å². The summed E-state index contributed by atoms with van der Waals surface area (Å²) in [5, 5.41) is 24.7. The van der Waals surface area contributed by atoms with Gasteiger partial charge in [0.25, 0.3) is 0 Å². The van der Waals surface area contributed by atoms with Crippen LogP contribution >= 0.6 is 0 Å². The van der Waals surface area contributed by atoms with Gasteiger partial charge in [-0.25, -0.2) is 0 Å². The molecule has 0 rings (SSSR count). The predicted molar refractivity (Wildman–Crippen MR) is 49.3 cm³/mol. The molecule has 5 heteroatoms. The van der Waals surface area contributed by atoms with E-state index in [0.29, 0.717) is 0 Å². The third kappa shape index (κ3) is 5.77. The van der Waals surface area contributed by atoms with Crippen molar-refractivity contribution < 1.29 is 0 Å². The number of rotatable bonds is 2. The van der Waals surface area contributed by atoms with Crippen molar-refractivity contribution in [3.63, 3.8) is 0 Å². The largest absolute Gasteiger partial charge is 0.344 e. The highest BCUT2D eigenvalue weighted by molar-refractivity contribution is 5.03. The Balaban J connectivity index is 0. The third-order valence-corrected chi connectivity index (χ3v) is 1.10. The molecule has 0 unspecified atom stereocenters. The molecule has 0 aliphatic rings. The molecule has 0 aliphatic heterocycles. The summed E-state index contributed by atoms with van der Waals surface area (Å²) in [7, 11) is 0. The molecule has 0 saturated carbocycles. The lowest BCUT2D eigenvalue weighted by Crippen LogP contribution is -2.17. The van der Waals surface area contributed by atoms with Crippen LogP contribution in [-0.2, 0) is 0 Å². The Labute approximate surface area is 78.7 Å². The molecule has 0 bridgehead atoms. The Morgan fingerprint density at radius 3 is 1.23 bits per heavy atom. The monoisotopic (exact) mass is 181 g/mol. The fourth-order valence-electron chi connectivity index (χ4n) is 0.295. The van der Waals surface area contributed by atoms with Gasteiger partial charge in [-0.05, 0) is 27.7 Å². The van der Waals surface area contributed by atoms with E-state index < -0.39 is 11.1 Å². The molecule has 3 N–H and O–H groups in total. The first-order valence-electron chi connectivity index (χ1n) is 3.59. The first kappa shape index (κ1) is 14.1. The van der Waals surface area contributed by atoms with E-state index in [2.05, 4.69) is 10.2 Å². The van der Waals surface area contributed by atoms with Gasteiger partial charge in [0.15, 0.2) is 11.1 Å². The second-order valence-electron chi connectivity index (χ2n) is 3.54. The predicted octanol–water partition coefficient (Wildman–Crippen LogP) is 2.20. The van der Waals surface area contributed by atoms with E-state index in [4.69, 9.17) is 10.5 Å². The zero-order valence-electron chi connectivity index (χ0n) is 8.50. The maximum absolute atomic E-state index is 8.58. The topological polar surface area (TPSA) is 107 Å². The molecule has 0 saturated heterocycles. The molecule has 0 atom stereocenters. The highest BCUT2D eigenvalue weighted by Gasteiger charge is 2.19. The molecular weight excluding hydrogens is 166 g/mol. The van der Waals surface area contributed by atoms with Gasteiger partial charge in [-0.2, -0.15) is 20.8 Å². The average molecular weight is 181 g/mol. The van der Waals surface area contributed by atoms with Gasteiger partial charge in [-0.3, -0.25) is 0 Å². The third-order valence-electron chi connectivity index (χ3n) is 1.10. The molecule has 72 valence electrons. The molecule has 0 heterocycles. The summed E-state index contributed by atoms with van der Waals surface area (Å²) in [6.07, 6.45) is 0. The van der Waals surface area contributed by atoms with Gasteiger partial charge in [0.1, 0.15) is 0 Å². The van der Waals surface area contributed by atoms with Crippen LogP contribution < -0.4 is 6.15 Å².